The van der Waals surface area contributed by atoms with Crippen molar-refractivity contribution in [1.29, 1.82) is 0 Å². The predicted octanol–water partition coefficient (Wildman–Crippen LogP) is 4.25. The molecule has 1 aliphatic rings. The molecule has 0 fully saturated rings. The van der Waals surface area contributed by atoms with E-state index in [1.807, 2.05) is 12.1 Å². The zero-order valence-corrected chi connectivity index (χ0v) is 12.4. The number of nitrogens with zero attached hydrogens (tertiary/aromatic N) is 3. The van der Waals surface area contributed by atoms with Crippen LogP contribution in [0.25, 0.3) is 12.2 Å². The molecule has 0 radical (unpaired) electrons. The summed E-state index contributed by atoms with van der Waals surface area (Å²) in [5, 5.41) is 4.25. The number of fused-ring (bicyclic) bond motifs is 2. The molecule has 0 saturated heterocycles. The fourth-order valence-corrected chi connectivity index (χ4v) is 3.10. The summed E-state index contributed by atoms with van der Waals surface area (Å²) in [6.07, 6.45) is 11.2. The topological polar surface area (TPSA) is 50.7 Å². The number of hydrogen-bond donors (Lipinski definition) is 1. The molecule has 0 atom stereocenters. The third kappa shape index (κ3) is 2.58. The SMILES string of the molecule is C(=C\c1ccc2c(c1)Nc1nccnc1S2)/c1ccncc1. The van der Waals surface area contributed by atoms with Gasteiger partial charge in [-0.05, 0) is 35.4 Å². The van der Waals surface area contributed by atoms with Crippen molar-refractivity contribution in [2.24, 2.45) is 0 Å². The Labute approximate surface area is 132 Å². The van der Waals surface area contributed by atoms with Crippen LogP contribution in [-0.2, 0) is 0 Å². The highest BCUT2D eigenvalue weighted by Gasteiger charge is 2.17. The number of benzene rings is 1. The van der Waals surface area contributed by atoms with Gasteiger partial charge >= 0.3 is 0 Å². The number of rotatable bonds is 2. The van der Waals surface area contributed by atoms with Gasteiger partial charge in [-0.2, -0.15) is 0 Å². The second-order valence-electron chi connectivity index (χ2n) is 4.81. The molecule has 22 heavy (non-hydrogen) atoms. The smallest absolute Gasteiger partial charge is 0.163 e. The normalized spacial score (nSPS) is 12.5. The summed E-state index contributed by atoms with van der Waals surface area (Å²) in [5.41, 5.74) is 3.33. The summed E-state index contributed by atoms with van der Waals surface area (Å²) >= 11 is 1.64. The van der Waals surface area contributed by atoms with Crippen LogP contribution in [0.1, 0.15) is 11.1 Å². The summed E-state index contributed by atoms with van der Waals surface area (Å²) in [4.78, 5) is 13.8. The Balaban J connectivity index is 1.62. The molecule has 3 heterocycles. The molecule has 106 valence electrons. The minimum absolute atomic E-state index is 0.815. The Morgan fingerprint density at radius 2 is 1.68 bits per heavy atom. The summed E-state index contributed by atoms with van der Waals surface area (Å²) in [6.45, 7) is 0. The summed E-state index contributed by atoms with van der Waals surface area (Å²) < 4.78 is 0. The van der Waals surface area contributed by atoms with Crippen molar-refractivity contribution in [2.45, 2.75) is 9.92 Å². The molecule has 5 heteroatoms. The molecule has 1 N–H and O–H groups in total. The number of hydrogen-bond acceptors (Lipinski definition) is 5. The van der Waals surface area contributed by atoms with Gasteiger partial charge in [0.25, 0.3) is 0 Å². The number of nitrogens with one attached hydrogen (secondary N) is 1. The zero-order chi connectivity index (χ0) is 14.8. The standard InChI is InChI=1S/C17H12N4S/c1(12-5-7-18-8-6-12)2-13-3-4-15-14(11-13)21-16-17(22-15)20-10-9-19-16/h1-11H,(H,19,21)/b2-1+. The lowest BCUT2D eigenvalue weighted by Crippen LogP contribution is -2.03. The molecule has 2 aromatic heterocycles. The van der Waals surface area contributed by atoms with Crippen molar-refractivity contribution in [3.63, 3.8) is 0 Å². The molecule has 1 aliphatic heterocycles. The minimum Gasteiger partial charge on any atom is -0.337 e. The molecule has 0 bridgehead atoms. The van der Waals surface area contributed by atoms with Gasteiger partial charge in [0, 0.05) is 29.7 Å². The van der Waals surface area contributed by atoms with Crippen molar-refractivity contribution < 1.29 is 0 Å². The van der Waals surface area contributed by atoms with Crippen LogP contribution < -0.4 is 5.32 Å². The molecule has 1 aromatic carbocycles. The minimum atomic E-state index is 0.815. The van der Waals surface area contributed by atoms with E-state index in [1.54, 1.807) is 36.5 Å². The van der Waals surface area contributed by atoms with E-state index in [2.05, 4.69) is 50.6 Å². The van der Waals surface area contributed by atoms with E-state index in [4.69, 9.17) is 0 Å². The lowest BCUT2D eigenvalue weighted by Gasteiger charge is -2.18. The maximum Gasteiger partial charge on any atom is 0.163 e. The Kier molecular flexibility index (Phi) is 3.33. The zero-order valence-electron chi connectivity index (χ0n) is 11.6. The number of anilines is 2. The van der Waals surface area contributed by atoms with Crippen LogP contribution in [-0.4, -0.2) is 15.0 Å². The fraction of sp³-hybridized carbons (Fsp3) is 0. The Hall–Kier alpha value is -2.66. The van der Waals surface area contributed by atoms with Gasteiger partial charge in [0.05, 0.1) is 5.69 Å². The molecule has 0 spiro atoms. The van der Waals surface area contributed by atoms with Crippen molar-refractivity contribution >= 4 is 35.4 Å². The van der Waals surface area contributed by atoms with E-state index in [9.17, 15) is 0 Å². The third-order valence-electron chi connectivity index (χ3n) is 3.30. The van der Waals surface area contributed by atoms with Crippen LogP contribution >= 0.6 is 11.8 Å². The van der Waals surface area contributed by atoms with Crippen LogP contribution in [0.15, 0.2) is 65.0 Å². The second-order valence-corrected chi connectivity index (χ2v) is 5.84. The average Bonchev–Trinajstić information content (AvgIpc) is 2.59. The van der Waals surface area contributed by atoms with Crippen LogP contribution in [0.2, 0.25) is 0 Å². The lowest BCUT2D eigenvalue weighted by atomic mass is 10.1. The largest absolute Gasteiger partial charge is 0.337 e. The van der Waals surface area contributed by atoms with Crippen LogP contribution in [0.4, 0.5) is 11.5 Å². The van der Waals surface area contributed by atoms with Gasteiger partial charge in [0.1, 0.15) is 5.03 Å². The first kappa shape index (κ1) is 13.0. The molecule has 0 saturated carbocycles. The third-order valence-corrected chi connectivity index (χ3v) is 4.37. The van der Waals surface area contributed by atoms with Crippen molar-refractivity contribution in [3.05, 3.63) is 66.2 Å². The van der Waals surface area contributed by atoms with Crippen LogP contribution in [0, 0.1) is 0 Å². The molecule has 3 aromatic rings. The Morgan fingerprint density at radius 1 is 0.864 bits per heavy atom. The summed E-state index contributed by atoms with van der Waals surface area (Å²) in [7, 11) is 0. The van der Waals surface area contributed by atoms with E-state index >= 15 is 0 Å². The molecule has 0 unspecified atom stereocenters. The highest BCUT2D eigenvalue weighted by molar-refractivity contribution is 7.99. The maximum absolute atomic E-state index is 4.33. The number of aromatic nitrogens is 3. The van der Waals surface area contributed by atoms with Crippen LogP contribution in [0.3, 0.4) is 0 Å². The van der Waals surface area contributed by atoms with Crippen molar-refractivity contribution in [3.8, 4) is 0 Å². The van der Waals surface area contributed by atoms with Gasteiger partial charge < -0.3 is 5.32 Å². The fourth-order valence-electron chi connectivity index (χ4n) is 2.22. The van der Waals surface area contributed by atoms with E-state index in [1.165, 1.54) is 0 Å². The molecule has 4 nitrogen and oxygen atoms in total. The number of pyridine rings is 1. The van der Waals surface area contributed by atoms with Gasteiger partial charge in [-0.15, -0.1) is 0 Å². The highest BCUT2D eigenvalue weighted by Crippen LogP contribution is 2.42. The van der Waals surface area contributed by atoms with Crippen molar-refractivity contribution in [2.75, 3.05) is 5.32 Å². The summed E-state index contributed by atoms with van der Waals surface area (Å²) in [5.74, 6) is 0.815. The van der Waals surface area contributed by atoms with Gasteiger partial charge in [-0.1, -0.05) is 30.0 Å². The molecule has 0 aliphatic carbocycles. The van der Waals surface area contributed by atoms with Gasteiger partial charge in [0.2, 0.25) is 0 Å². The Morgan fingerprint density at radius 3 is 2.59 bits per heavy atom. The quantitative estimate of drug-likeness (QED) is 0.600. The second kappa shape index (κ2) is 5.61. The molecular formula is C17H12N4S. The maximum atomic E-state index is 4.33. The average molecular weight is 304 g/mol. The molecule has 0 amide bonds. The first-order valence-corrected chi connectivity index (χ1v) is 7.68. The summed E-state index contributed by atoms with van der Waals surface area (Å²) in [6, 6.07) is 10.3. The lowest BCUT2D eigenvalue weighted by molar-refractivity contribution is 1.05. The monoisotopic (exact) mass is 304 g/mol. The van der Waals surface area contributed by atoms with E-state index in [0.29, 0.717) is 0 Å². The molecular weight excluding hydrogens is 292 g/mol. The van der Waals surface area contributed by atoms with Crippen LogP contribution in [0.5, 0.6) is 0 Å². The first-order valence-electron chi connectivity index (χ1n) is 6.86. The van der Waals surface area contributed by atoms with E-state index in [-0.39, 0.29) is 0 Å². The van der Waals surface area contributed by atoms with E-state index in [0.717, 1.165) is 32.6 Å². The highest BCUT2D eigenvalue weighted by atomic mass is 32.2. The predicted molar refractivity (Wildman–Crippen MR) is 89.0 cm³/mol. The molecule has 4 rings (SSSR count). The van der Waals surface area contributed by atoms with Gasteiger partial charge in [-0.25, -0.2) is 9.97 Å². The first-order chi connectivity index (χ1) is 10.9. The van der Waals surface area contributed by atoms with Gasteiger partial charge in [0.15, 0.2) is 5.82 Å². The Bertz CT molecular complexity index is 846. The van der Waals surface area contributed by atoms with E-state index < -0.39 is 0 Å². The van der Waals surface area contributed by atoms with Gasteiger partial charge in [-0.3, -0.25) is 4.98 Å². The van der Waals surface area contributed by atoms with Crippen molar-refractivity contribution in [1.82, 2.24) is 15.0 Å².